The lowest BCUT2D eigenvalue weighted by atomic mass is 10.1. The maximum atomic E-state index is 13.7. The van der Waals surface area contributed by atoms with Crippen LogP contribution >= 0.6 is 23.1 Å². The van der Waals surface area contributed by atoms with E-state index < -0.39 is 4.75 Å². The van der Waals surface area contributed by atoms with Crippen molar-refractivity contribution in [2.24, 2.45) is 0 Å². The summed E-state index contributed by atoms with van der Waals surface area (Å²) in [6, 6.07) is 11.5. The third-order valence-electron chi connectivity index (χ3n) is 8.59. The minimum Gasteiger partial charge on any atom is -0.338 e. The smallest absolute Gasteiger partial charge is 0.241 e. The number of anilines is 1. The van der Waals surface area contributed by atoms with Crippen LogP contribution in [0, 0.1) is 6.92 Å². The number of nitrogens with zero attached hydrogens (tertiary/aromatic N) is 7. The van der Waals surface area contributed by atoms with Crippen LogP contribution in [-0.2, 0) is 9.59 Å². The molecular weight excluding hydrogens is 619 g/mol. The van der Waals surface area contributed by atoms with Crippen molar-refractivity contribution >= 4 is 57.1 Å². The first kappa shape index (κ1) is 30.2. The van der Waals surface area contributed by atoms with Gasteiger partial charge in [0, 0.05) is 73.3 Å². The number of hydrogen-bond donors (Lipinski definition) is 2. The molecule has 1 saturated heterocycles. The zero-order valence-corrected chi connectivity index (χ0v) is 27.2. The molecule has 2 aliphatic heterocycles. The number of rotatable bonds is 8. The van der Waals surface area contributed by atoms with Crippen LogP contribution in [0.4, 0.5) is 5.69 Å². The SMILES string of the molecule is CSC1(C(=O)Nc2ccc3[nH]nc(-c4ccnc(C)c4)c3c2)CCN(CC(=O)N2CC=C(c3ncc(-c4ncccn4)s3)CC2)C1. The quantitative estimate of drug-likeness (QED) is 0.240. The molecule has 234 valence electrons. The van der Waals surface area contributed by atoms with Crippen molar-refractivity contribution in [2.75, 3.05) is 44.3 Å². The molecule has 0 aliphatic carbocycles. The summed E-state index contributed by atoms with van der Waals surface area (Å²) in [7, 11) is 0. The van der Waals surface area contributed by atoms with E-state index in [9.17, 15) is 9.59 Å². The lowest BCUT2D eigenvalue weighted by molar-refractivity contribution is -0.132. The number of nitrogens with one attached hydrogen (secondary N) is 2. The third-order valence-corrected chi connectivity index (χ3v) is 11.0. The Balaban J connectivity index is 0.971. The Bertz CT molecular complexity index is 1940. The molecule has 1 unspecified atom stereocenters. The fourth-order valence-corrected chi connectivity index (χ4v) is 7.80. The molecule has 0 saturated carbocycles. The molecule has 2 aliphatic rings. The number of aromatic nitrogens is 6. The van der Waals surface area contributed by atoms with Gasteiger partial charge in [0.15, 0.2) is 5.82 Å². The number of likely N-dealkylation sites (tertiary alicyclic amines) is 1. The van der Waals surface area contributed by atoms with Crippen molar-refractivity contribution in [3.8, 4) is 22.0 Å². The van der Waals surface area contributed by atoms with Gasteiger partial charge >= 0.3 is 0 Å². The van der Waals surface area contributed by atoms with Crippen molar-refractivity contribution in [3.63, 3.8) is 0 Å². The molecule has 7 rings (SSSR count). The summed E-state index contributed by atoms with van der Waals surface area (Å²) in [5, 5.41) is 12.6. The van der Waals surface area contributed by atoms with Gasteiger partial charge in [-0.15, -0.1) is 23.1 Å². The summed E-state index contributed by atoms with van der Waals surface area (Å²) < 4.78 is -0.642. The second-order valence-electron chi connectivity index (χ2n) is 11.6. The lowest BCUT2D eigenvalue weighted by Crippen LogP contribution is -2.45. The van der Waals surface area contributed by atoms with E-state index in [0.29, 0.717) is 50.7 Å². The van der Waals surface area contributed by atoms with E-state index in [4.69, 9.17) is 0 Å². The first-order valence-corrected chi connectivity index (χ1v) is 17.2. The van der Waals surface area contributed by atoms with Crippen LogP contribution < -0.4 is 5.32 Å². The highest BCUT2D eigenvalue weighted by molar-refractivity contribution is 8.00. The molecule has 1 atom stereocenters. The summed E-state index contributed by atoms with van der Waals surface area (Å²) in [5.74, 6) is 0.701. The highest BCUT2D eigenvalue weighted by Crippen LogP contribution is 2.36. The number of H-pyrrole nitrogens is 1. The van der Waals surface area contributed by atoms with Gasteiger partial charge in [-0.25, -0.2) is 15.0 Å². The molecule has 0 bridgehead atoms. The highest BCUT2D eigenvalue weighted by atomic mass is 32.2. The molecule has 5 aromatic rings. The number of thioether (sulfide) groups is 1. The molecule has 6 heterocycles. The fourth-order valence-electron chi connectivity index (χ4n) is 6.02. The summed E-state index contributed by atoms with van der Waals surface area (Å²) >= 11 is 3.12. The van der Waals surface area contributed by atoms with Gasteiger partial charge in [0.25, 0.3) is 0 Å². The molecular formula is C33H33N9O2S2. The van der Waals surface area contributed by atoms with E-state index in [1.165, 1.54) is 0 Å². The molecule has 2 amide bonds. The van der Waals surface area contributed by atoms with E-state index in [2.05, 4.69) is 46.4 Å². The molecule has 2 N–H and O–H groups in total. The largest absolute Gasteiger partial charge is 0.338 e. The zero-order chi connectivity index (χ0) is 31.7. The molecule has 11 nitrogen and oxygen atoms in total. The lowest BCUT2D eigenvalue weighted by Gasteiger charge is -2.29. The monoisotopic (exact) mass is 651 g/mol. The Kier molecular flexibility index (Phi) is 8.36. The van der Waals surface area contributed by atoms with E-state index in [0.717, 1.165) is 49.7 Å². The van der Waals surface area contributed by atoms with Crippen LogP contribution in [0.15, 0.2) is 67.3 Å². The molecule has 1 aromatic carbocycles. The Morgan fingerprint density at radius 2 is 1.96 bits per heavy atom. The van der Waals surface area contributed by atoms with E-state index in [-0.39, 0.29) is 11.8 Å². The van der Waals surface area contributed by atoms with Crippen molar-refractivity contribution in [1.82, 2.24) is 39.9 Å². The standard InChI is InChI=1S/C33H33N9O2S2/c1-21-16-23(6-12-34-21)29-25-17-24(4-5-26(25)39-40-29)38-32(44)33(45-2)9-15-41(20-33)19-28(43)42-13-7-22(8-14-42)31-37-18-27(46-31)30-35-10-3-11-36-30/h3-7,10-12,16-18H,8-9,13-15,19-20H2,1-2H3,(H,38,44)(H,39,40). The van der Waals surface area contributed by atoms with Crippen molar-refractivity contribution in [1.29, 1.82) is 0 Å². The maximum Gasteiger partial charge on any atom is 0.241 e. The molecule has 13 heteroatoms. The Morgan fingerprint density at radius 1 is 1.09 bits per heavy atom. The first-order valence-electron chi connectivity index (χ1n) is 15.1. The number of carbonyl (C=O) groups excluding carboxylic acids is 2. The van der Waals surface area contributed by atoms with E-state index >= 15 is 0 Å². The van der Waals surface area contributed by atoms with Gasteiger partial charge in [0.2, 0.25) is 11.8 Å². The summed E-state index contributed by atoms with van der Waals surface area (Å²) in [4.78, 5) is 49.5. The summed E-state index contributed by atoms with van der Waals surface area (Å²) in [6.45, 7) is 4.63. The van der Waals surface area contributed by atoms with E-state index in [1.807, 2.05) is 54.6 Å². The maximum absolute atomic E-state index is 13.7. The Morgan fingerprint density at radius 3 is 2.74 bits per heavy atom. The zero-order valence-electron chi connectivity index (χ0n) is 25.6. The highest BCUT2D eigenvalue weighted by Gasteiger charge is 2.44. The minimum atomic E-state index is -0.642. The number of pyridine rings is 1. The van der Waals surface area contributed by atoms with Gasteiger partial charge in [0.05, 0.1) is 16.9 Å². The number of benzene rings is 1. The summed E-state index contributed by atoms with van der Waals surface area (Å²) in [6.07, 6.45) is 12.5. The van der Waals surface area contributed by atoms with Crippen LogP contribution in [0.3, 0.4) is 0 Å². The fraction of sp³-hybridized carbons (Fsp3) is 0.303. The van der Waals surface area contributed by atoms with Gasteiger partial charge in [-0.2, -0.15) is 5.10 Å². The predicted molar refractivity (Wildman–Crippen MR) is 182 cm³/mol. The van der Waals surface area contributed by atoms with Gasteiger partial charge in [-0.3, -0.25) is 24.6 Å². The Hall–Kier alpha value is -4.46. The molecule has 46 heavy (non-hydrogen) atoms. The average Bonchev–Trinajstić information content (AvgIpc) is 3.84. The van der Waals surface area contributed by atoms with E-state index in [1.54, 1.807) is 47.8 Å². The normalized spacial score (nSPS) is 18.6. The van der Waals surface area contributed by atoms with Gasteiger partial charge in [-0.05, 0) is 68.0 Å². The molecule has 0 radical (unpaired) electrons. The second kappa shape index (κ2) is 12.7. The number of aryl methyl sites for hydroxylation is 1. The topological polar surface area (TPSA) is 133 Å². The van der Waals surface area contributed by atoms with Crippen molar-refractivity contribution in [3.05, 3.63) is 78.0 Å². The first-order chi connectivity index (χ1) is 22.4. The number of thiazole rings is 1. The molecule has 1 fully saturated rings. The molecule has 4 aromatic heterocycles. The predicted octanol–water partition coefficient (Wildman–Crippen LogP) is 4.91. The van der Waals surface area contributed by atoms with Crippen molar-refractivity contribution in [2.45, 2.75) is 24.5 Å². The number of aromatic amines is 1. The second-order valence-corrected chi connectivity index (χ2v) is 13.8. The van der Waals surface area contributed by atoms with Crippen molar-refractivity contribution < 1.29 is 9.59 Å². The minimum absolute atomic E-state index is 0.0478. The number of amides is 2. The van der Waals surface area contributed by atoms with Gasteiger partial charge in [-0.1, -0.05) is 6.08 Å². The number of fused-ring (bicyclic) bond motifs is 1. The van der Waals surface area contributed by atoms with Gasteiger partial charge in [0.1, 0.15) is 15.4 Å². The number of hydrogen-bond acceptors (Lipinski definition) is 10. The number of carbonyl (C=O) groups is 2. The van der Waals surface area contributed by atoms with Crippen LogP contribution in [0.5, 0.6) is 0 Å². The van der Waals surface area contributed by atoms with Crippen LogP contribution in [0.1, 0.15) is 23.5 Å². The molecule has 0 spiro atoms. The van der Waals surface area contributed by atoms with Crippen LogP contribution in [0.2, 0.25) is 0 Å². The van der Waals surface area contributed by atoms with Gasteiger partial charge < -0.3 is 10.2 Å². The third kappa shape index (κ3) is 6.05. The summed E-state index contributed by atoms with van der Waals surface area (Å²) in [5.41, 5.74) is 5.45. The van der Waals surface area contributed by atoms with Crippen LogP contribution in [0.25, 0.3) is 38.4 Å². The van der Waals surface area contributed by atoms with Crippen LogP contribution in [-0.4, -0.2) is 95.5 Å². The average molecular weight is 652 g/mol. The Labute approximate surface area is 274 Å².